The molecule has 0 saturated heterocycles. The fourth-order valence-corrected chi connectivity index (χ4v) is 2.58. The lowest BCUT2D eigenvalue weighted by atomic mass is 10.2. The Morgan fingerprint density at radius 1 is 1.13 bits per heavy atom. The van der Waals surface area contributed by atoms with Gasteiger partial charge < -0.3 is 4.90 Å². The van der Waals surface area contributed by atoms with Crippen molar-refractivity contribution in [2.45, 2.75) is 39.8 Å². The van der Waals surface area contributed by atoms with Crippen molar-refractivity contribution in [3.05, 3.63) is 23.4 Å². The molecule has 2 amide bonds. The third kappa shape index (κ3) is 6.53. The van der Waals surface area contributed by atoms with Crippen LogP contribution in [-0.2, 0) is 0 Å². The van der Waals surface area contributed by atoms with Crippen LogP contribution in [0, 0.1) is 0 Å². The van der Waals surface area contributed by atoms with Gasteiger partial charge in [0, 0.05) is 39.3 Å². The molecule has 1 rings (SSSR count). The maximum Gasteiger partial charge on any atom is 0.325 e. The number of rotatable bonds is 6. The van der Waals surface area contributed by atoms with Gasteiger partial charge in [0.15, 0.2) is 0 Å². The molecule has 0 N–H and O–H groups in total. The summed E-state index contributed by atoms with van der Waals surface area (Å²) in [5.74, 6) is 0.582. The van der Waals surface area contributed by atoms with Crippen molar-refractivity contribution in [3.63, 3.8) is 0 Å². The second-order valence-electron chi connectivity index (χ2n) is 6.07. The topological polar surface area (TPSA) is 39.7 Å². The van der Waals surface area contributed by atoms with E-state index in [1.54, 1.807) is 30.0 Å². The summed E-state index contributed by atoms with van der Waals surface area (Å²) in [4.78, 5) is 22.3. The number of amides is 2. The van der Waals surface area contributed by atoms with Gasteiger partial charge in [-0.2, -0.15) is 0 Å². The molecule has 0 spiro atoms. The van der Waals surface area contributed by atoms with Gasteiger partial charge in [0.1, 0.15) is 11.0 Å². The van der Waals surface area contributed by atoms with E-state index in [9.17, 15) is 4.79 Å². The van der Waals surface area contributed by atoms with E-state index >= 15 is 0 Å². The largest absolute Gasteiger partial charge is 0.330 e. The van der Waals surface area contributed by atoms with Gasteiger partial charge in [0.2, 0.25) is 0 Å². The Labute approximate surface area is 151 Å². The van der Waals surface area contributed by atoms with Crippen molar-refractivity contribution in [2.75, 3.05) is 32.1 Å². The van der Waals surface area contributed by atoms with E-state index in [1.807, 2.05) is 12.1 Å². The summed E-state index contributed by atoms with van der Waals surface area (Å²) in [7, 11) is 3.48. The van der Waals surface area contributed by atoms with Crippen LogP contribution in [0.4, 0.5) is 10.6 Å². The van der Waals surface area contributed by atoms with Gasteiger partial charge in [-0.3, -0.25) is 9.80 Å². The highest BCUT2D eigenvalue weighted by Crippen LogP contribution is 2.16. The van der Waals surface area contributed by atoms with Gasteiger partial charge in [-0.1, -0.05) is 17.7 Å². The van der Waals surface area contributed by atoms with Crippen molar-refractivity contribution in [3.8, 4) is 0 Å². The predicted molar refractivity (Wildman–Crippen MR) is 99.9 cm³/mol. The first-order valence-electron chi connectivity index (χ1n) is 7.61. The molecular weight excluding hydrogens is 335 g/mol. The summed E-state index contributed by atoms with van der Waals surface area (Å²) in [6, 6.07) is 6.07. The van der Waals surface area contributed by atoms with Gasteiger partial charge in [-0.15, -0.1) is 12.4 Å². The third-order valence-corrected chi connectivity index (χ3v) is 3.71. The Hall–Kier alpha value is -1.04. The molecule has 0 unspecified atom stereocenters. The molecule has 0 bridgehead atoms. The van der Waals surface area contributed by atoms with E-state index in [-0.39, 0.29) is 18.4 Å². The molecule has 0 aromatic carbocycles. The van der Waals surface area contributed by atoms with E-state index in [0.29, 0.717) is 29.6 Å². The van der Waals surface area contributed by atoms with Crippen molar-refractivity contribution < 1.29 is 4.79 Å². The van der Waals surface area contributed by atoms with Crippen LogP contribution in [0.25, 0.3) is 0 Å². The summed E-state index contributed by atoms with van der Waals surface area (Å²) in [5.41, 5.74) is 0. The Morgan fingerprint density at radius 3 is 2.13 bits per heavy atom. The lowest BCUT2D eigenvalue weighted by Gasteiger charge is -2.33. The molecule has 1 aromatic rings. The first-order valence-corrected chi connectivity index (χ1v) is 7.99. The van der Waals surface area contributed by atoms with Crippen LogP contribution in [0.2, 0.25) is 5.15 Å². The fourth-order valence-electron chi connectivity index (χ4n) is 2.43. The van der Waals surface area contributed by atoms with Gasteiger partial charge in [-0.25, -0.2) is 9.78 Å². The Balaban J connectivity index is 0.00000484. The molecular formula is C16H28Cl2N4O. The van der Waals surface area contributed by atoms with Crippen LogP contribution >= 0.6 is 24.0 Å². The van der Waals surface area contributed by atoms with Crippen LogP contribution < -0.4 is 4.90 Å². The summed E-state index contributed by atoms with van der Waals surface area (Å²) in [6.07, 6.45) is 0. The molecule has 0 atom stereocenters. The van der Waals surface area contributed by atoms with Crippen molar-refractivity contribution in [1.82, 2.24) is 14.8 Å². The number of pyridine rings is 1. The van der Waals surface area contributed by atoms with Crippen molar-refractivity contribution >= 4 is 35.9 Å². The first-order chi connectivity index (χ1) is 10.2. The number of aromatic nitrogens is 1. The summed E-state index contributed by atoms with van der Waals surface area (Å²) in [5, 5.41) is 0.388. The van der Waals surface area contributed by atoms with Crippen LogP contribution in [0.15, 0.2) is 18.2 Å². The summed E-state index contributed by atoms with van der Waals surface area (Å²) >= 11 is 5.96. The average molecular weight is 363 g/mol. The fraction of sp³-hybridized carbons (Fsp3) is 0.625. The van der Waals surface area contributed by atoms with E-state index in [2.05, 4.69) is 37.6 Å². The number of hydrogen-bond donors (Lipinski definition) is 0. The molecule has 23 heavy (non-hydrogen) atoms. The van der Waals surface area contributed by atoms with Gasteiger partial charge >= 0.3 is 6.03 Å². The monoisotopic (exact) mass is 362 g/mol. The highest BCUT2D eigenvalue weighted by atomic mass is 35.5. The van der Waals surface area contributed by atoms with Gasteiger partial charge in [0.25, 0.3) is 0 Å². The van der Waals surface area contributed by atoms with E-state index in [1.165, 1.54) is 0 Å². The van der Waals surface area contributed by atoms with Gasteiger partial charge in [0.05, 0.1) is 0 Å². The Kier molecular flexibility index (Phi) is 9.51. The highest BCUT2D eigenvalue weighted by Gasteiger charge is 2.21. The number of urea groups is 1. The van der Waals surface area contributed by atoms with Gasteiger partial charge in [-0.05, 0) is 39.8 Å². The maximum atomic E-state index is 12.5. The van der Waals surface area contributed by atoms with Crippen molar-refractivity contribution in [2.24, 2.45) is 0 Å². The smallest absolute Gasteiger partial charge is 0.325 e. The summed E-state index contributed by atoms with van der Waals surface area (Å²) < 4.78 is 0. The average Bonchev–Trinajstić information content (AvgIpc) is 2.41. The minimum Gasteiger partial charge on any atom is -0.330 e. The minimum absolute atomic E-state index is 0. The number of hydrogen-bond acceptors (Lipinski definition) is 3. The zero-order chi connectivity index (χ0) is 16.9. The molecule has 7 heteroatoms. The van der Waals surface area contributed by atoms with Crippen LogP contribution in [0.3, 0.4) is 0 Å². The van der Waals surface area contributed by atoms with E-state index in [4.69, 9.17) is 11.6 Å². The SMILES string of the molecule is CC(C)N(CCN(C(=O)N(C)C)c1cccc(Cl)n1)C(C)C.Cl. The molecule has 0 saturated carbocycles. The normalized spacial score (nSPS) is 10.9. The quantitative estimate of drug-likeness (QED) is 0.723. The predicted octanol–water partition coefficient (Wildman–Crippen LogP) is 3.76. The van der Waals surface area contributed by atoms with Crippen molar-refractivity contribution in [1.29, 1.82) is 0 Å². The molecule has 1 aromatic heterocycles. The number of carbonyl (C=O) groups is 1. The Bertz CT molecular complexity index is 487. The highest BCUT2D eigenvalue weighted by molar-refractivity contribution is 6.29. The Morgan fingerprint density at radius 2 is 1.70 bits per heavy atom. The lowest BCUT2D eigenvalue weighted by molar-refractivity contribution is 0.177. The second kappa shape index (κ2) is 9.96. The number of nitrogens with zero attached hydrogens (tertiary/aromatic N) is 4. The first kappa shape index (κ1) is 22.0. The maximum absolute atomic E-state index is 12.5. The molecule has 0 aliphatic heterocycles. The third-order valence-electron chi connectivity index (χ3n) is 3.50. The molecule has 0 radical (unpaired) electrons. The molecule has 0 fully saturated rings. The van der Waals surface area contributed by atoms with E-state index < -0.39 is 0 Å². The number of carbonyl (C=O) groups excluding carboxylic acids is 1. The van der Waals surface area contributed by atoms with Crippen LogP contribution in [0.1, 0.15) is 27.7 Å². The molecule has 132 valence electrons. The van der Waals surface area contributed by atoms with Crippen LogP contribution in [-0.4, -0.2) is 60.1 Å². The number of anilines is 1. The molecule has 0 aliphatic carbocycles. The summed E-state index contributed by atoms with van der Waals surface area (Å²) in [6.45, 7) is 10.0. The van der Waals surface area contributed by atoms with E-state index in [0.717, 1.165) is 6.54 Å². The molecule has 0 aliphatic rings. The lowest BCUT2D eigenvalue weighted by Crippen LogP contribution is -2.47. The zero-order valence-corrected chi connectivity index (χ0v) is 16.4. The standard InChI is InChI=1S/C16H27ClN4O.ClH/c1-12(2)20(13(3)4)10-11-21(16(22)19(5)6)15-9-7-8-14(17)18-15;/h7-9,12-13H,10-11H2,1-6H3;1H. The van der Waals surface area contributed by atoms with Crippen LogP contribution in [0.5, 0.6) is 0 Å². The molecule has 1 heterocycles. The zero-order valence-electron chi connectivity index (χ0n) is 14.8. The minimum atomic E-state index is -0.0952. The number of halogens is 2. The molecule has 5 nitrogen and oxygen atoms in total. The second-order valence-corrected chi connectivity index (χ2v) is 6.46.